The van der Waals surface area contributed by atoms with Gasteiger partial charge in [0, 0.05) is 20.0 Å². The fraction of sp³-hybridized carbons (Fsp3) is 0.400. The number of aliphatic imine (C=N–C) groups is 1. The molecule has 0 fully saturated rings. The molecule has 20 heavy (non-hydrogen) atoms. The predicted octanol–water partition coefficient (Wildman–Crippen LogP) is 2.65. The van der Waals surface area contributed by atoms with E-state index < -0.39 is 0 Å². The van der Waals surface area contributed by atoms with Gasteiger partial charge in [-0.1, -0.05) is 0 Å². The van der Waals surface area contributed by atoms with Crippen LogP contribution in [0, 0.1) is 6.92 Å². The van der Waals surface area contributed by atoms with Crippen molar-refractivity contribution >= 4 is 5.96 Å². The van der Waals surface area contributed by atoms with Gasteiger partial charge in [-0.15, -0.1) is 0 Å². The molecular weight excluding hydrogens is 254 g/mol. The van der Waals surface area contributed by atoms with E-state index in [4.69, 9.17) is 8.83 Å². The van der Waals surface area contributed by atoms with Crippen molar-refractivity contribution in [2.45, 2.75) is 26.3 Å². The van der Waals surface area contributed by atoms with Crippen LogP contribution in [0.25, 0.3) is 0 Å². The second-order valence-corrected chi connectivity index (χ2v) is 4.64. The molecule has 1 atom stereocenters. The second kappa shape index (κ2) is 6.84. The van der Waals surface area contributed by atoms with Crippen molar-refractivity contribution in [2.24, 2.45) is 4.99 Å². The molecule has 108 valence electrons. The largest absolute Gasteiger partial charge is 0.469 e. The van der Waals surface area contributed by atoms with Gasteiger partial charge in [0.05, 0.1) is 12.3 Å². The van der Waals surface area contributed by atoms with Crippen LogP contribution >= 0.6 is 0 Å². The minimum Gasteiger partial charge on any atom is -0.469 e. The Morgan fingerprint density at radius 3 is 2.80 bits per heavy atom. The second-order valence-electron chi connectivity index (χ2n) is 4.64. The quantitative estimate of drug-likeness (QED) is 0.650. The highest BCUT2D eigenvalue weighted by atomic mass is 16.3. The Morgan fingerprint density at radius 2 is 2.20 bits per heavy atom. The number of furan rings is 2. The van der Waals surface area contributed by atoms with Crippen LogP contribution in [0.3, 0.4) is 0 Å². The van der Waals surface area contributed by atoms with Crippen molar-refractivity contribution in [1.29, 1.82) is 0 Å². The standard InChI is InChI=1S/C15H21N3O2/c1-11-6-7-14(20-11)12(2)18-15(16-3)17-9-8-13-5-4-10-19-13/h4-7,10,12H,8-9H2,1-3H3,(H2,16,17,18). The van der Waals surface area contributed by atoms with Crippen molar-refractivity contribution in [3.05, 3.63) is 47.8 Å². The number of rotatable bonds is 5. The van der Waals surface area contributed by atoms with Crippen molar-refractivity contribution in [2.75, 3.05) is 13.6 Å². The molecule has 1 unspecified atom stereocenters. The van der Waals surface area contributed by atoms with Gasteiger partial charge in [0.15, 0.2) is 5.96 Å². The van der Waals surface area contributed by atoms with Crippen LogP contribution in [0.2, 0.25) is 0 Å². The molecule has 2 aromatic heterocycles. The van der Waals surface area contributed by atoms with Crippen molar-refractivity contribution in [3.8, 4) is 0 Å². The van der Waals surface area contributed by atoms with Gasteiger partial charge in [-0.3, -0.25) is 4.99 Å². The summed E-state index contributed by atoms with van der Waals surface area (Å²) < 4.78 is 10.9. The zero-order valence-electron chi connectivity index (χ0n) is 12.1. The fourth-order valence-electron chi connectivity index (χ4n) is 1.92. The lowest BCUT2D eigenvalue weighted by molar-refractivity contribution is 0.441. The molecule has 0 aromatic carbocycles. The highest BCUT2D eigenvalue weighted by molar-refractivity contribution is 5.80. The summed E-state index contributed by atoms with van der Waals surface area (Å²) in [6, 6.07) is 7.86. The van der Waals surface area contributed by atoms with Gasteiger partial charge in [0.1, 0.15) is 17.3 Å². The Balaban J connectivity index is 1.80. The summed E-state index contributed by atoms with van der Waals surface area (Å²) in [6.07, 6.45) is 2.51. The van der Waals surface area contributed by atoms with E-state index in [2.05, 4.69) is 15.6 Å². The molecule has 0 saturated carbocycles. The SMILES string of the molecule is CN=C(NCCc1ccco1)NC(C)c1ccc(C)o1. The van der Waals surface area contributed by atoms with E-state index in [-0.39, 0.29) is 6.04 Å². The molecule has 2 heterocycles. The first kappa shape index (κ1) is 14.2. The molecule has 0 amide bonds. The Hall–Kier alpha value is -2.17. The van der Waals surface area contributed by atoms with E-state index in [1.165, 1.54) is 0 Å². The first-order chi connectivity index (χ1) is 9.69. The van der Waals surface area contributed by atoms with Crippen LogP contribution in [0.15, 0.2) is 44.4 Å². The van der Waals surface area contributed by atoms with Gasteiger partial charge >= 0.3 is 0 Å². The average Bonchev–Trinajstić information content (AvgIpc) is 3.08. The molecule has 5 heteroatoms. The zero-order chi connectivity index (χ0) is 14.4. The number of nitrogens with zero attached hydrogens (tertiary/aromatic N) is 1. The average molecular weight is 275 g/mol. The summed E-state index contributed by atoms with van der Waals surface area (Å²) >= 11 is 0. The minimum absolute atomic E-state index is 0.0681. The third kappa shape index (κ3) is 3.91. The lowest BCUT2D eigenvalue weighted by atomic mass is 10.2. The van der Waals surface area contributed by atoms with Crippen LogP contribution in [-0.4, -0.2) is 19.6 Å². The number of hydrogen-bond acceptors (Lipinski definition) is 3. The smallest absolute Gasteiger partial charge is 0.191 e. The normalized spacial score (nSPS) is 13.2. The highest BCUT2D eigenvalue weighted by Crippen LogP contribution is 2.15. The zero-order valence-corrected chi connectivity index (χ0v) is 12.1. The Kier molecular flexibility index (Phi) is 4.87. The van der Waals surface area contributed by atoms with Gasteiger partial charge < -0.3 is 19.5 Å². The summed E-state index contributed by atoms with van der Waals surface area (Å²) in [4.78, 5) is 4.20. The third-order valence-electron chi connectivity index (χ3n) is 3.01. The molecule has 2 rings (SSSR count). The van der Waals surface area contributed by atoms with Gasteiger partial charge in [0.25, 0.3) is 0 Å². The summed E-state index contributed by atoms with van der Waals surface area (Å²) in [5.41, 5.74) is 0. The summed E-state index contributed by atoms with van der Waals surface area (Å²) in [5, 5.41) is 6.54. The summed E-state index contributed by atoms with van der Waals surface area (Å²) in [5.74, 6) is 3.52. The monoisotopic (exact) mass is 275 g/mol. The third-order valence-corrected chi connectivity index (χ3v) is 3.01. The molecule has 0 radical (unpaired) electrons. The van der Waals surface area contributed by atoms with E-state index in [1.807, 2.05) is 38.1 Å². The molecule has 0 spiro atoms. The van der Waals surface area contributed by atoms with E-state index in [9.17, 15) is 0 Å². The Morgan fingerprint density at radius 1 is 1.35 bits per heavy atom. The number of aryl methyl sites for hydroxylation is 1. The van der Waals surface area contributed by atoms with E-state index >= 15 is 0 Å². The van der Waals surface area contributed by atoms with Crippen LogP contribution < -0.4 is 10.6 Å². The summed E-state index contributed by atoms with van der Waals surface area (Å²) in [6.45, 7) is 4.74. The maximum atomic E-state index is 5.59. The Bertz CT molecular complexity index is 543. The molecule has 2 aromatic rings. The summed E-state index contributed by atoms with van der Waals surface area (Å²) in [7, 11) is 1.75. The molecule has 2 N–H and O–H groups in total. The fourth-order valence-corrected chi connectivity index (χ4v) is 1.92. The number of nitrogens with one attached hydrogen (secondary N) is 2. The minimum atomic E-state index is 0.0681. The van der Waals surface area contributed by atoms with Gasteiger partial charge in [-0.25, -0.2) is 0 Å². The van der Waals surface area contributed by atoms with Crippen LogP contribution in [0.4, 0.5) is 0 Å². The number of hydrogen-bond donors (Lipinski definition) is 2. The molecule has 0 aliphatic carbocycles. The van der Waals surface area contributed by atoms with Crippen LogP contribution in [0.5, 0.6) is 0 Å². The molecule has 0 aliphatic rings. The first-order valence-electron chi connectivity index (χ1n) is 6.75. The van der Waals surface area contributed by atoms with E-state index in [0.717, 1.165) is 36.2 Å². The molecule has 0 saturated heterocycles. The lowest BCUT2D eigenvalue weighted by Crippen LogP contribution is -2.39. The van der Waals surface area contributed by atoms with Gasteiger partial charge in [-0.05, 0) is 38.1 Å². The Labute approximate surface area is 119 Å². The van der Waals surface area contributed by atoms with E-state index in [1.54, 1.807) is 13.3 Å². The van der Waals surface area contributed by atoms with Crippen molar-refractivity contribution in [1.82, 2.24) is 10.6 Å². The van der Waals surface area contributed by atoms with Crippen molar-refractivity contribution < 1.29 is 8.83 Å². The molecule has 0 aliphatic heterocycles. The lowest BCUT2D eigenvalue weighted by Gasteiger charge is -2.16. The maximum Gasteiger partial charge on any atom is 0.191 e. The van der Waals surface area contributed by atoms with Crippen LogP contribution in [0.1, 0.15) is 30.2 Å². The first-order valence-corrected chi connectivity index (χ1v) is 6.75. The van der Waals surface area contributed by atoms with E-state index in [0.29, 0.717) is 0 Å². The topological polar surface area (TPSA) is 62.7 Å². The maximum absolute atomic E-state index is 5.59. The van der Waals surface area contributed by atoms with Crippen molar-refractivity contribution in [3.63, 3.8) is 0 Å². The van der Waals surface area contributed by atoms with Gasteiger partial charge in [0.2, 0.25) is 0 Å². The highest BCUT2D eigenvalue weighted by Gasteiger charge is 2.11. The molecule has 0 bridgehead atoms. The number of guanidine groups is 1. The van der Waals surface area contributed by atoms with Gasteiger partial charge in [-0.2, -0.15) is 0 Å². The molecular formula is C15H21N3O2. The molecule has 5 nitrogen and oxygen atoms in total. The van der Waals surface area contributed by atoms with Crippen LogP contribution in [-0.2, 0) is 6.42 Å². The predicted molar refractivity (Wildman–Crippen MR) is 78.8 cm³/mol.